The molecule has 2 unspecified atom stereocenters. The Labute approximate surface area is 244 Å². The van der Waals surface area contributed by atoms with Gasteiger partial charge in [0.05, 0.1) is 0 Å². The molecule has 210 valence electrons. The number of allylic oxidation sites excluding steroid dienone is 6. The second-order valence-corrected chi connectivity index (χ2v) is 14.4. The van der Waals surface area contributed by atoms with Gasteiger partial charge in [0.15, 0.2) is 0 Å². The van der Waals surface area contributed by atoms with Gasteiger partial charge in [0.25, 0.3) is 0 Å². The van der Waals surface area contributed by atoms with Crippen molar-refractivity contribution in [2.75, 3.05) is 0 Å². The molecular formula is C40H50. The highest BCUT2D eigenvalue weighted by Crippen LogP contribution is 2.71. The summed E-state index contributed by atoms with van der Waals surface area (Å²) in [5.74, 6) is 0.914. The maximum Gasteiger partial charge on any atom is 0.0153 e. The molecule has 1 fully saturated rings. The van der Waals surface area contributed by atoms with Crippen LogP contribution in [0.3, 0.4) is 0 Å². The first-order valence-corrected chi connectivity index (χ1v) is 15.3. The molecule has 3 aliphatic rings. The largest absolute Gasteiger partial charge is 0.0995 e. The number of aryl methyl sites for hydroxylation is 1. The topological polar surface area (TPSA) is 0 Å². The summed E-state index contributed by atoms with van der Waals surface area (Å²) in [7, 11) is 0. The van der Waals surface area contributed by atoms with Gasteiger partial charge < -0.3 is 0 Å². The van der Waals surface area contributed by atoms with Crippen LogP contribution in [0, 0.1) is 35.0 Å². The Bertz CT molecular complexity index is 1520. The number of rotatable bonds is 4. The fourth-order valence-corrected chi connectivity index (χ4v) is 9.77. The van der Waals surface area contributed by atoms with E-state index in [1.54, 1.807) is 0 Å². The molecule has 0 aromatic heterocycles. The molecule has 0 aliphatic heterocycles. The predicted octanol–water partition coefficient (Wildman–Crippen LogP) is 11.4. The predicted molar refractivity (Wildman–Crippen MR) is 176 cm³/mol. The van der Waals surface area contributed by atoms with Crippen molar-refractivity contribution < 1.29 is 0 Å². The van der Waals surface area contributed by atoms with Gasteiger partial charge >= 0.3 is 0 Å². The van der Waals surface area contributed by atoms with Gasteiger partial charge in [-0.1, -0.05) is 107 Å². The first kappa shape index (κ1) is 28.7. The number of benzene rings is 2. The van der Waals surface area contributed by atoms with Gasteiger partial charge in [-0.15, -0.1) is 0 Å². The molecule has 0 N–H and O–H groups in total. The minimum atomic E-state index is -0.0761. The Morgan fingerprint density at radius 2 is 1.70 bits per heavy atom. The molecule has 5 atom stereocenters. The summed E-state index contributed by atoms with van der Waals surface area (Å²) in [5.41, 5.74) is 17.6. The van der Waals surface area contributed by atoms with Crippen LogP contribution in [0.2, 0.25) is 0 Å². The van der Waals surface area contributed by atoms with Crippen LogP contribution in [-0.2, 0) is 12.8 Å². The van der Waals surface area contributed by atoms with Gasteiger partial charge in [-0.3, -0.25) is 0 Å². The quantitative estimate of drug-likeness (QED) is 0.345. The van der Waals surface area contributed by atoms with Crippen molar-refractivity contribution >= 4 is 11.1 Å². The van der Waals surface area contributed by atoms with E-state index in [-0.39, 0.29) is 16.2 Å². The average molecular weight is 531 g/mol. The standard InChI is InChI=1S/C40H50/c1-14-30-19-33(32-17-15-16-31(18-32)23(2)3)34-21-38(11)22-39(12)20-25(6)35(24(4)5)28(9)40(39,13)29(10)37(38)27(8)36(34)26(30)7/h15-19,25,35H,2,4,8-9,14,20-22H2,1,3,5-7,10-13H3/t25?,35?,38-,39+,40-/m1/s1. The van der Waals surface area contributed by atoms with Crippen LogP contribution in [-0.4, -0.2) is 0 Å². The van der Waals surface area contributed by atoms with E-state index in [0.717, 1.165) is 24.8 Å². The summed E-state index contributed by atoms with van der Waals surface area (Å²) in [5, 5.41) is 0. The van der Waals surface area contributed by atoms with Gasteiger partial charge in [-0.05, 0) is 126 Å². The summed E-state index contributed by atoms with van der Waals surface area (Å²) in [6, 6.07) is 11.4. The molecule has 5 rings (SSSR count). The molecule has 2 aromatic rings. The highest BCUT2D eigenvalue weighted by Gasteiger charge is 2.61. The second-order valence-electron chi connectivity index (χ2n) is 14.4. The number of hydrogen-bond acceptors (Lipinski definition) is 0. The van der Waals surface area contributed by atoms with Gasteiger partial charge in [-0.25, -0.2) is 0 Å². The van der Waals surface area contributed by atoms with E-state index in [1.807, 2.05) is 0 Å². The molecule has 0 spiro atoms. The van der Waals surface area contributed by atoms with Gasteiger partial charge in [0.2, 0.25) is 0 Å². The first-order chi connectivity index (χ1) is 18.6. The molecule has 0 amide bonds. The van der Waals surface area contributed by atoms with E-state index < -0.39 is 0 Å². The zero-order chi connectivity index (χ0) is 29.5. The summed E-state index contributed by atoms with van der Waals surface area (Å²) in [6.07, 6.45) is 4.40. The summed E-state index contributed by atoms with van der Waals surface area (Å²) < 4.78 is 0. The SMILES string of the molecule is C=C(C)c1cccc(-c2cc(CC)c(C)c3c2C[C@]2(C)C[C@]4(C)CC(C)C(C(=C)C)C(=C)[C@]4(C)C(C)=C2C3=C)c1. The Morgan fingerprint density at radius 1 is 1.02 bits per heavy atom. The zero-order valence-corrected chi connectivity index (χ0v) is 26.7. The molecule has 40 heavy (non-hydrogen) atoms. The van der Waals surface area contributed by atoms with E-state index in [4.69, 9.17) is 13.2 Å². The Balaban J connectivity index is 1.79. The maximum absolute atomic E-state index is 4.92. The summed E-state index contributed by atoms with van der Waals surface area (Å²) in [6.45, 7) is 39.7. The van der Waals surface area contributed by atoms with Gasteiger partial charge in [-0.2, -0.15) is 0 Å². The average Bonchev–Trinajstić information content (AvgIpc) is 2.86. The van der Waals surface area contributed by atoms with Crippen LogP contribution in [0.1, 0.15) is 96.0 Å². The van der Waals surface area contributed by atoms with Crippen molar-refractivity contribution in [3.63, 3.8) is 0 Å². The fourth-order valence-electron chi connectivity index (χ4n) is 9.77. The monoisotopic (exact) mass is 530 g/mol. The highest BCUT2D eigenvalue weighted by molar-refractivity contribution is 5.91. The van der Waals surface area contributed by atoms with Crippen LogP contribution < -0.4 is 0 Å². The normalized spacial score (nSPS) is 31.4. The van der Waals surface area contributed by atoms with Crippen molar-refractivity contribution in [1.29, 1.82) is 0 Å². The van der Waals surface area contributed by atoms with Crippen molar-refractivity contribution in [1.82, 2.24) is 0 Å². The minimum absolute atomic E-state index is 0.0272. The van der Waals surface area contributed by atoms with Crippen LogP contribution in [0.5, 0.6) is 0 Å². The molecule has 0 bridgehead atoms. The minimum Gasteiger partial charge on any atom is -0.0995 e. The number of fused-ring (bicyclic) bond motifs is 3. The van der Waals surface area contributed by atoms with E-state index in [2.05, 4.69) is 106 Å². The van der Waals surface area contributed by atoms with Crippen molar-refractivity contribution in [3.05, 3.63) is 107 Å². The highest BCUT2D eigenvalue weighted by atomic mass is 14.6. The molecule has 1 saturated carbocycles. The lowest BCUT2D eigenvalue weighted by Crippen LogP contribution is -2.55. The van der Waals surface area contributed by atoms with Gasteiger partial charge in [0, 0.05) is 11.3 Å². The smallest absolute Gasteiger partial charge is 0.0153 e. The van der Waals surface area contributed by atoms with Crippen LogP contribution in [0.25, 0.3) is 22.3 Å². The Morgan fingerprint density at radius 3 is 2.30 bits per heavy atom. The zero-order valence-electron chi connectivity index (χ0n) is 26.7. The lowest BCUT2D eigenvalue weighted by molar-refractivity contribution is -0.00205. The molecule has 0 saturated heterocycles. The van der Waals surface area contributed by atoms with E-state index in [0.29, 0.717) is 11.8 Å². The van der Waals surface area contributed by atoms with Crippen LogP contribution in [0.15, 0.2) is 78.9 Å². The van der Waals surface area contributed by atoms with E-state index in [1.165, 1.54) is 73.2 Å². The number of hydrogen-bond donors (Lipinski definition) is 0. The van der Waals surface area contributed by atoms with E-state index >= 15 is 0 Å². The fraction of sp³-hybridized carbons (Fsp3) is 0.450. The third kappa shape index (κ3) is 3.78. The van der Waals surface area contributed by atoms with E-state index in [9.17, 15) is 0 Å². The Hall–Kier alpha value is -2.86. The molecule has 3 aliphatic carbocycles. The first-order valence-electron chi connectivity index (χ1n) is 15.3. The van der Waals surface area contributed by atoms with Crippen molar-refractivity contribution in [2.24, 2.45) is 28.1 Å². The lowest BCUT2D eigenvalue weighted by atomic mass is 9.39. The summed E-state index contributed by atoms with van der Waals surface area (Å²) in [4.78, 5) is 0. The van der Waals surface area contributed by atoms with Crippen LogP contribution >= 0.6 is 0 Å². The molecule has 0 nitrogen and oxygen atoms in total. The third-order valence-electron chi connectivity index (χ3n) is 11.6. The second kappa shape index (κ2) is 9.34. The maximum atomic E-state index is 4.92. The molecule has 2 aromatic carbocycles. The van der Waals surface area contributed by atoms with Crippen molar-refractivity contribution in [2.45, 2.75) is 88.0 Å². The van der Waals surface area contributed by atoms with Crippen molar-refractivity contribution in [3.8, 4) is 11.1 Å². The van der Waals surface area contributed by atoms with Gasteiger partial charge in [0.1, 0.15) is 0 Å². The Kier molecular flexibility index (Phi) is 6.69. The molecule has 0 heterocycles. The molecule has 0 heteroatoms. The van der Waals surface area contributed by atoms with Crippen LogP contribution in [0.4, 0.5) is 0 Å². The summed E-state index contributed by atoms with van der Waals surface area (Å²) >= 11 is 0. The lowest BCUT2D eigenvalue weighted by Gasteiger charge is -2.64. The molecule has 0 radical (unpaired) electrons. The molecular weight excluding hydrogens is 480 g/mol. The third-order valence-corrected chi connectivity index (χ3v) is 11.6.